The molecule has 1 aromatic rings. The predicted octanol–water partition coefficient (Wildman–Crippen LogP) is 3.73. The molecule has 0 amide bonds. The summed E-state index contributed by atoms with van der Waals surface area (Å²) in [7, 11) is 0. The molecule has 35 heavy (non-hydrogen) atoms. The first-order chi connectivity index (χ1) is 16.4. The number of fused-ring (bicyclic) bond motifs is 2. The highest BCUT2D eigenvalue weighted by molar-refractivity contribution is 5.92. The SMILES string of the molecule is C[C@@H](c1ccoc1)[C@]1(C)CCC2C34COC(=O)CC3OC(C)(C)C4CC(=O)C2(C)C12OC2C(=O)O. The van der Waals surface area contributed by atoms with Gasteiger partial charge in [-0.2, -0.15) is 0 Å². The van der Waals surface area contributed by atoms with E-state index in [0.717, 1.165) is 5.56 Å². The Balaban J connectivity index is 1.53. The van der Waals surface area contributed by atoms with Crippen LogP contribution >= 0.6 is 0 Å². The summed E-state index contributed by atoms with van der Waals surface area (Å²) < 4.78 is 23.8. The Hall–Kier alpha value is -2.19. The van der Waals surface area contributed by atoms with Crippen molar-refractivity contribution in [1.29, 1.82) is 0 Å². The number of carbonyl (C=O) groups is 3. The zero-order valence-corrected chi connectivity index (χ0v) is 21.0. The molecule has 1 N–H and O–H groups in total. The molecule has 0 aromatic carbocycles. The van der Waals surface area contributed by atoms with E-state index in [-0.39, 0.29) is 55.1 Å². The van der Waals surface area contributed by atoms with Crippen molar-refractivity contribution in [3.63, 3.8) is 0 Å². The molecule has 2 aliphatic carbocycles. The Kier molecular flexibility index (Phi) is 4.49. The third kappa shape index (κ3) is 2.48. The number of hydrogen-bond donors (Lipinski definition) is 1. The maximum Gasteiger partial charge on any atom is 0.335 e. The van der Waals surface area contributed by atoms with Gasteiger partial charge in [-0.1, -0.05) is 13.8 Å². The van der Waals surface area contributed by atoms with Crippen molar-refractivity contribution in [2.75, 3.05) is 6.61 Å². The summed E-state index contributed by atoms with van der Waals surface area (Å²) in [6.07, 6.45) is 3.64. The van der Waals surface area contributed by atoms with Crippen molar-refractivity contribution in [2.45, 2.75) is 89.6 Å². The number of carbonyl (C=O) groups excluding carboxylic acids is 2. The molecule has 6 rings (SSSR count). The van der Waals surface area contributed by atoms with Crippen LogP contribution in [0.1, 0.15) is 71.8 Å². The maximum absolute atomic E-state index is 14.3. The number of carboxylic acid groups (broad SMARTS) is 1. The van der Waals surface area contributed by atoms with Gasteiger partial charge in [0.15, 0.2) is 6.10 Å². The van der Waals surface area contributed by atoms with Crippen molar-refractivity contribution >= 4 is 17.7 Å². The fourth-order valence-corrected chi connectivity index (χ4v) is 9.28. The summed E-state index contributed by atoms with van der Waals surface area (Å²) in [5.41, 5.74) is -3.06. The number of aliphatic carboxylic acids is 1. The summed E-state index contributed by atoms with van der Waals surface area (Å²) in [4.78, 5) is 39.1. The number of carboxylic acids is 1. The van der Waals surface area contributed by atoms with Crippen LogP contribution in [0.3, 0.4) is 0 Å². The highest BCUT2D eigenvalue weighted by atomic mass is 16.6. The summed E-state index contributed by atoms with van der Waals surface area (Å²) >= 11 is 0. The van der Waals surface area contributed by atoms with Gasteiger partial charge in [0.25, 0.3) is 0 Å². The number of cyclic esters (lactones) is 1. The van der Waals surface area contributed by atoms with Gasteiger partial charge in [-0.05, 0) is 57.1 Å². The van der Waals surface area contributed by atoms with Gasteiger partial charge in [0, 0.05) is 23.2 Å². The minimum Gasteiger partial charge on any atom is -0.479 e. The molecule has 0 radical (unpaired) electrons. The zero-order valence-electron chi connectivity index (χ0n) is 21.0. The largest absolute Gasteiger partial charge is 0.479 e. The summed E-state index contributed by atoms with van der Waals surface area (Å²) in [6.45, 7) is 10.2. The molecule has 5 aliphatic rings. The molecule has 3 aliphatic heterocycles. The highest BCUT2D eigenvalue weighted by Crippen LogP contribution is 2.78. The van der Waals surface area contributed by atoms with Gasteiger partial charge in [-0.15, -0.1) is 0 Å². The molecule has 1 aromatic heterocycles. The first kappa shape index (κ1) is 23.2. The lowest BCUT2D eigenvalue weighted by molar-refractivity contribution is -0.210. The number of ether oxygens (including phenoxy) is 3. The van der Waals surface area contributed by atoms with E-state index in [1.54, 1.807) is 12.5 Å². The fraction of sp³-hybridized carbons (Fsp3) is 0.741. The Labute approximate surface area is 204 Å². The quantitative estimate of drug-likeness (QED) is 0.508. The minimum atomic E-state index is -1.18. The number of Topliss-reactive ketones (excluding diaryl/α,β-unsaturated/α-hetero) is 1. The fourth-order valence-electron chi connectivity index (χ4n) is 9.28. The second-order valence-electron chi connectivity index (χ2n) is 12.4. The summed E-state index contributed by atoms with van der Waals surface area (Å²) in [5, 5.41) is 10.2. The van der Waals surface area contributed by atoms with E-state index in [1.807, 2.05) is 26.8 Å². The minimum absolute atomic E-state index is 0.0291. The van der Waals surface area contributed by atoms with E-state index in [9.17, 15) is 19.5 Å². The smallest absolute Gasteiger partial charge is 0.335 e. The molecule has 2 saturated carbocycles. The van der Waals surface area contributed by atoms with Gasteiger partial charge in [-0.3, -0.25) is 9.59 Å². The third-order valence-electron chi connectivity index (χ3n) is 11.1. The second kappa shape index (κ2) is 6.76. The lowest BCUT2D eigenvalue weighted by Crippen LogP contribution is -2.71. The van der Waals surface area contributed by atoms with Crippen LogP contribution in [0, 0.1) is 28.1 Å². The lowest BCUT2D eigenvalue weighted by atomic mass is 9.37. The summed E-state index contributed by atoms with van der Waals surface area (Å²) in [5.74, 6) is -1.74. The van der Waals surface area contributed by atoms with Crippen molar-refractivity contribution < 1.29 is 38.1 Å². The van der Waals surface area contributed by atoms with E-state index >= 15 is 0 Å². The van der Waals surface area contributed by atoms with Gasteiger partial charge in [0.1, 0.15) is 18.0 Å². The predicted molar refractivity (Wildman–Crippen MR) is 121 cm³/mol. The van der Waals surface area contributed by atoms with Crippen LogP contribution in [0.4, 0.5) is 0 Å². The zero-order chi connectivity index (χ0) is 25.2. The molecule has 2 spiro atoms. The molecule has 0 bridgehead atoms. The van der Waals surface area contributed by atoms with Crippen LogP contribution in [0.5, 0.6) is 0 Å². The molecule has 7 unspecified atom stereocenters. The van der Waals surface area contributed by atoms with Crippen LogP contribution < -0.4 is 0 Å². The van der Waals surface area contributed by atoms with Crippen LogP contribution in [0.2, 0.25) is 0 Å². The Bertz CT molecular complexity index is 1110. The first-order valence-electron chi connectivity index (χ1n) is 12.7. The van der Waals surface area contributed by atoms with Gasteiger partial charge >= 0.3 is 11.9 Å². The lowest BCUT2D eigenvalue weighted by Gasteiger charge is -2.64. The van der Waals surface area contributed by atoms with E-state index in [0.29, 0.717) is 12.8 Å². The van der Waals surface area contributed by atoms with Gasteiger partial charge in [0.2, 0.25) is 0 Å². The second-order valence-corrected chi connectivity index (χ2v) is 12.4. The number of ketones is 1. The molecular weight excluding hydrogens is 452 g/mol. The Morgan fingerprint density at radius 3 is 2.49 bits per heavy atom. The molecule has 9 atom stereocenters. The molecule has 8 nitrogen and oxygen atoms in total. The molecule has 5 fully saturated rings. The number of rotatable bonds is 3. The van der Waals surface area contributed by atoms with Crippen LogP contribution in [0.15, 0.2) is 23.0 Å². The van der Waals surface area contributed by atoms with Gasteiger partial charge in [-0.25, -0.2) is 4.79 Å². The Morgan fingerprint density at radius 2 is 1.86 bits per heavy atom. The van der Waals surface area contributed by atoms with E-state index in [1.165, 1.54) is 0 Å². The van der Waals surface area contributed by atoms with E-state index in [4.69, 9.17) is 18.6 Å². The molecule has 3 saturated heterocycles. The highest BCUT2D eigenvalue weighted by Gasteiger charge is 2.87. The maximum atomic E-state index is 14.3. The number of hydrogen-bond acceptors (Lipinski definition) is 7. The van der Waals surface area contributed by atoms with Gasteiger partial charge < -0.3 is 23.7 Å². The van der Waals surface area contributed by atoms with Crippen molar-refractivity contribution in [3.05, 3.63) is 24.2 Å². The third-order valence-corrected chi connectivity index (χ3v) is 11.1. The number of furan rings is 1. The summed E-state index contributed by atoms with van der Waals surface area (Å²) in [6, 6.07) is 1.90. The standard InChI is InChI=1S/C27H34O8/c1-14(15-7-9-32-12-15)24(4)8-6-16-25(5,27(24)21(35-27)22(30)31)18(28)10-17-23(2,3)34-19-11-20(29)33-13-26(16,17)19/h7,9,12,14,16-17,19,21H,6,8,10-11,13H2,1-5H3,(H,30,31)/t14-,16?,17?,19?,21?,24-,25?,26?,27?/m0/s1. The van der Waals surface area contributed by atoms with E-state index in [2.05, 4.69) is 13.8 Å². The molecular formula is C27H34O8. The number of epoxide rings is 1. The molecule has 8 heteroatoms. The van der Waals surface area contributed by atoms with Crippen LogP contribution in [-0.4, -0.2) is 52.8 Å². The number of esters is 1. The Morgan fingerprint density at radius 1 is 1.11 bits per heavy atom. The monoisotopic (exact) mass is 486 g/mol. The van der Waals surface area contributed by atoms with Crippen LogP contribution in [0.25, 0.3) is 0 Å². The van der Waals surface area contributed by atoms with Crippen molar-refractivity contribution in [3.8, 4) is 0 Å². The topological polar surface area (TPSA) is 116 Å². The van der Waals surface area contributed by atoms with Crippen LogP contribution in [-0.2, 0) is 28.6 Å². The van der Waals surface area contributed by atoms with E-state index < -0.39 is 39.5 Å². The van der Waals surface area contributed by atoms with Crippen molar-refractivity contribution in [2.24, 2.45) is 28.1 Å². The average Bonchev–Trinajstić information content (AvgIpc) is 3.25. The molecule has 4 heterocycles. The normalized spacial score (nSPS) is 48.5. The van der Waals surface area contributed by atoms with Gasteiger partial charge in [0.05, 0.1) is 36.1 Å². The molecule has 190 valence electrons. The van der Waals surface area contributed by atoms with Crippen molar-refractivity contribution in [1.82, 2.24) is 0 Å². The average molecular weight is 487 g/mol. The first-order valence-corrected chi connectivity index (χ1v) is 12.7.